The van der Waals surface area contributed by atoms with E-state index in [1.165, 1.54) is 0 Å². The SMILES string of the molecule is C=CCC=CCCCN(C)C(C)O. The molecule has 0 aliphatic rings. The van der Waals surface area contributed by atoms with E-state index in [0.717, 1.165) is 25.8 Å². The molecule has 2 heteroatoms. The van der Waals surface area contributed by atoms with Crippen molar-refractivity contribution in [3.05, 3.63) is 24.8 Å². The predicted molar refractivity (Wildman–Crippen MR) is 57.5 cm³/mol. The molecule has 0 saturated carbocycles. The van der Waals surface area contributed by atoms with Gasteiger partial charge in [0.25, 0.3) is 0 Å². The second-order valence-corrected chi connectivity index (χ2v) is 3.25. The first-order valence-electron chi connectivity index (χ1n) is 4.82. The van der Waals surface area contributed by atoms with E-state index in [0.29, 0.717) is 0 Å². The van der Waals surface area contributed by atoms with Gasteiger partial charge in [-0.2, -0.15) is 0 Å². The van der Waals surface area contributed by atoms with E-state index in [1.54, 1.807) is 6.92 Å². The molecule has 0 aromatic heterocycles. The van der Waals surface area contributed by atoms with Crippen molar-refractivity contribution in [2.24, 2.45) is 0 Å². The highest BCUT2D eigenvalue weighted by Crippen LogP contribution is 1.98. The number of rotatable bonds is 7. The Labute approximate surface area is 81.6 Å². The zero-order valence-electron chi connectivity index (χ0n) is 8.74. The van der Waals surface area contributed by atoms with Crippen LogP contribution in [0, 0.1) is 0 Å². The molecule has 0 aliphatic carbocycles. The predicted octanol–water partition coefficient (Wildman–Crippen LogP) is 2.17. The van der Waals surface area contributed by atoms with Crippen molar-refractivity contribution in [2.75, 3.05) is 13.6 Å². The summed E-state index contributed by atoms with van der Waals surface area (Å²) in [4.78, 5) is 1.93. The molecule has 0 aromatic carbocycles. The summed E-state index contributed by atoms with van der Waals surface area (Å²) >= 11 is 0. The van der Waals surface area contributed by atoms with Crippen LogP contribution in [0.25, 0.3) is 0 Å². The molecule has 0 saturated heterocycles. The van der Waals surface area contributed by atoms with Crippen molar-refractivity contribution in [1.82, 2.24) is 4.90 Å². The third-order valence-corrected chi connectivity index (χ3v) is 1.99. The maximum atomic E-state index is 9.16. The number of aliphatic hydroxyl groups is 1. The fourth-order valence-electron chi connectivity index (χ4n) is 0.956. The first-order chi connectivity index (χ1) is 6.18. The standard InChI is InChI=1S/C11H21NO/c1-4-5-6-7-8-9-10-12(3)11(2)13/h4,6-7,11,13H,1,5,8-10H2,2-3H3. The van der Waals surface area contributed by atoms with Gasteiger partial charge in [-0.1, -0.05) is 18.2 Å². The average molecular weight is 183 g/mol. The summed E-state index contributed by atoms with van der Waals surface area (Å²) in [5.74, 6) is 0. The smallest absolute Gasteiger partial charge is 0.104 e. The topological polar surface area (TPSA) is 23.5 Å². The largest absolute Gasteiger partial charge is 0.379 e. The lowest BCUT2D eigenvalue weighted by Gasteiger charge is -2.18. The Balaban J connectivity index is 3.29. The molecule has 0 aromatic rings. The van der Waals surface area contributed by atoms with Crippen molar-refractivity contribution in [3.63, 3.8) is 0 Å². The van der Waals surface area contributed by atoms with Crippen LogP contribution in [0.15, 0.2) is 24.8 Å². The van der Waals surface area contributed by atoms with Crippen molar-refractivity contribution >= 4 is 0 Å². The molecule has 2 nitrogen and oxygen atoms in total. The van der Waals surface area contributed by atoms with E-state index in [1.807, 2.05) is 18.0 Å². The molecule has 0 bridgehead atoms. The van der Waals surface area contributed by atoms with Gasteiger partial charge in [-0.25, -0.2) is 0 Å². The van der Waals surface area contributed by atoms with Gasteiger partial charge in [0.1, 0.15) is 6.23 Å². The Hall–Kier alpha value is -0.600. The van der Waals surface area contributed by atoms with E-state index in [4.69, 9.17) is 5.11 Å². The molecule has 76 valence electrons. The number of unbranched alkanes of at least 4 members (excludes halogenated alkanes) is 1. The second kappa shape index (κ2) is 8.02. The normalized spacial score (nSPS) is 13.8. The highest BCUT2D eigenvalue weighted by Gasteiger charge is 2.01. The first-order valence-corrected chi connectivity index (χ1v) is 4.82. The number of hydrogen-bond donors (Lipinski definition) is 1. The third kappa shape index (κ3) is 7.75. The van der Waals surface area contributed by atoms with Crippen molar-refractivity contribution in [3.8, 4) is 0 Å². The van der Waals surface area contributed by atoms with Gasteiger partial charge < -0.3 is 5.11 Å². The summed E-state index contributed by atoms with van der Waals surface area (Å²) < 4.78 is 0. The number of allylic oxidation sites excluding steroid dienone is 3. The van der Waals surface area contributed by atoms with Crippen LogP contribution in [0.4, 0.5) is 0 Å². The molecule has 0 heterocycles. The Bertz CT molecular complexity index is 152. The van der Waals surface area contributed by atoms with Crippen LogP contribution in [0.5, 0.6) is 0 Å². The Morgan fingerprint density at radius 2 is 2.15 bits per heavy atom. The van der Waals surface area contributed by atoms with Gasteiger partial charge >= 0.3 is 0 Å². The summed E-state index contributed by atoms with van der Waals surface area (Å²) in [6.45, 7) is 6.36. The van der Waals surface area contributed by atoms with Crippen LogP contribution in [-0.2, 0) is 0 Å². The molecule has 0 fully saturated rings. The van der Waals surface area contributed by atoms with Crippen LogP contribution >= 0.6 is 0 Å². The molecule has 0 spiro atoms. The van der Waals surface area contributed by atoms with E-state index in [2.05, 4.69) is 18.7 Å². The van der Waals surface area contributed by atoms with Crippen LogP contribution in [0.3, 0.4) is 0 Å². The third-order valence-electron chi connectivity index (χ3n) is 1.99. The summed E-state index contributed by atoms with van der Waals surface area (Å²) in [6, 6.07) is 0. The summed E-state index contributed by atoms with van der Waals surface area (Å²) in [6.07, 6.45) is 8.95. The van der Waals surface area contributed by atoms with Gasteiger partial charge in [-0.05, 0) is 33.2 Å². The maximum Gasteiger partial charge on any atom is 0.104 e. The molecule has 1 unspecified atom stereocenters. The summed E-state index contributed by atoms with van der Waals surface area (Å²) in [5, 5.41) is 9.16. The van der Waals surface area contributed by atoms with Gasteiger partial charge in [-0.3, -0.25) is 4.90 Å². The van der Waals surface area contributed by atoms with Crippen molar-refractivity contribution in [2.45, 2.75) is 32.4 Å². The number of nitrogens with zero attached hydrogens (tertiary/aromatic N) is 1. The van der Waals surface area contributed by atoms with Crippen LogP contribution in [0.1, 0.15) is 26.2 Å². The van der Waals surface area contributed by atoms with Gasteiger partial charge in [-0.15, -0.1) is 6.58 Å². The number of hydrogen-bond acceptors (Lipinski definition) is 2. The highest BCUT2D eigenvalue weighted by atomic mass is 16.3. The maximum absolute atomic E-state index is 9.16. The lowest BCUT2D eigenvalue weighted by Crippen LogP contribution is -2.29. The van der Waals surface area contributed by atoms with Crippen molar-refractivity contribution in [1.29, 1.82) is 0 Å². The lowest BCUT2D eigenvalue weighted by atomic mass is 10.2. The van der Waals surface area contributed by atoms with E-state index >= 15 is 0 Å². The molecule has 0 amide bonds. The minimum atomic E-state index is -0.336. The molecule has 0 rings (SSSR count). The fourth-order valence-corrected chi connectivity index (χ4v) is 0.956. The summed E-state index contributed by atoms with van der Waals surface area (Å²) in [7, 11) is 1.93. The zero-order valence-corrected chi connectivity index (χ0v) is 8.74. The van der Waals surface area contributed by atoms with Crippen molar-refractivity contribution < 1.29 is 5.11 Å². The fraction of sp³-hybridized carbons (Fsp3) is 0.636. The summed E-state index contributed by atoms with van der Waals surface area (Å²) in [5.41, 5.74) is 0. The molecule has 1 N–H and O–H groups in total. The highest BCUT2D eigenvalue weighted by molar-refractivity contribution is 4.88. The molecule has 13 heavy (non-hydrogen) atoms. The lowest BCUT2D eigenvalue weighted by molar-refractivity contribution is 0.0380. The van der Waals surface area contributed by atoms with Crippen LogP contribution in [0.2, 0.25) is 0 Å². The Morgan fingerprint density at radius 1 is 1.46 bits per heavy atom. The van der Waals surface area contributed by atoms with Crippen LogP contribution in [-0.4, -0.2) is 29.8 Å². The van der Waals surface area contributed by atoms with Gasteiger partial charge in [0.05, 0.1) is 0 Å². The minimum absolute atomic E-state index is 0.336. The quantitative estimate of drug-likeness (QED) is 0.371. The minimum Gasteiger partial charge on any atom is -0.379 e. The Morgan fingerprint density at radius 3 is 2.69 bits per heavy atom. The average Bonchev–Trinajstić information content (AvgIpc) is 2.10. The molecule has 0 radical (unpaired) electrons. The second-order valence-electron chi connectivity index (χ2n) is 3.25. The molecule has 1 atom stereocenters. The van der Waals surface area contributed by atoms with E-state index in [-0.39, 0.29) is 6.23 Å². The van der Waals surface area contributed by atoms with Gasteiger partial charge in [0.15, 0.2) is 0 Å². The van der Waals surface area contributed by atoms with E-state index < -0.39 is 0 Å². The zero-order chi connectivity index (χ0) is 10.1. The molecule has 0 aliphatic heterocycles. The van der Waals surface area contributed by atoms with Gasteiger partial charge in [0.2, 0.25) is 0 Å². The molecular formula is C11H21NO. The molecular weight excluding hydrogens is 162 g/mol. The van der Waals surface area contributed by atoms with E-state index in [9.17, 15) is 0 Å². The Kier molecular flexibility index (Phi) is 7.65. The van der Waals surface area contributed by atoms with Gasteiger partial charge in [0, 0.05) is 6.54 Å². The first kappa shape index (κ1) is 12.4. The van der Waals surface area contributed by atoms with Crippen LogP contribution < -0.4 is 0 Å². The monoisotopic (exact) mass is 183 g/mol. The number of aliphatic hydroxyl groups excluding tert-OH is 1.